The highest BCUT2D eigenvalue weighted by molar-refractivity contribution is 5.95. The summed E-state index contributed by atoms with van der Waals surface area (Å²) < 4.78 is 51.6. The molecule has 182 valence electrons. The molecule has 0 spiro atoms. The fraction of sp³-hybridized carbons (Fsp3) is 0.304. The summed E-state index contributed by atoms with van der Waals surface area (Å²) in [7, 11) is 0. The molecule has 35 heavy (non-hydrogen) atoms. The van der Waals surface area contributed by atoms with E-state index in [0.29, 0.717) is 17.2 Å². The van der Waals surface area contributed by atoms with Crippen molar-refractivity contribution in [1.82, 2.24) is 14.6 Å². The Morgan fingerprint density at radius 2 is 1.94 bits per heavy atom. The number of allylic oxidation sites excluding steroid dienone is 1. The number of nitrogens with zero attached hydrogens (tertiary/aromatic N) is 3. The quantitative estimate of drug-likeness (QED) is 0.537. The van der Waals surface area contributed by atoms with Gasteiger partial charge in [0.1, 0.15) is 11.7 Å². The number of amides is 2. The van der Waals surface area contributed by atoms with Crippen LogP contribution in [0.2, 0.25) is 0 Å². The molecule has 1 saturated carbocycles. The number of hydrogen-bond donors (Lipinski definition) is 2. The molecule has 3 aromatic rings. The largest absolute Gasteiger partial charge is 0.485 e. The Hall–Kier alpha value is -4.09. The highest BCUT2D eigenvalue weighted by Crippen LogP contribution is 2.36. The third-order valence-corrected chi connectivity index (χ3v) is 5.50. The van der Waals surface area contributed by atoms with Crippen molar-refractivity contribution in [3.05, 3.63) is 54.4 Å². The lowest BCUT2D eigenvalue weighted by Crippen LogP contribution is -2.40. The molecule has 1 fully saturated rings. The molecule has 9 nitrogen and oxygen atoms in total. The first kappa shape index (κ1) is 22.7. The highest BCUT2D eigenvalue weighted by atomic mass is 19.4. The molecule has 2 aliphatic rings. The number of halogens is 3. The Morgan fingerprint density at radius 3 is 2.69 bits per heavy atom. The second-order valence-electron chi connectivity index (χ2n) is 8.37. The number of alkyl halides is 3. The number of fused-ring (bicyclic) bond motifs is 1. The molecule has 2 unspecified atom stereocenters. The van der Waals surface area contributed by atoms with Gasteiger partial charge in [-0.3, -0.25) is 9.59 Å². The standard InChI is InChI=1S/C23H20F3N5O4/c1-12-9-16(20(34-12)23(24,25)26)22(33)27-14-3-2-4-15(10-14)35-19-8-7-18-28-17(11-31(18)30-19)29-21(32)13-5-6-13/h2-4,7-11,13,16,20H,5-6H2,1H3,(H,27,33)(H,29,32). The lowest BCUT2D eigenvalue weighted by Gasteiger charge is -2.21. The SMILES string of the molecule is CC1=CC(C(=O)Nc2cccc(Oc3ccc4nc(NC(=O)C5CC5)cn4n3)c2)C(C(F)(F)F)O1. The molecule has 0 bridgehead atoms. The van der Waals surface area contributed by atoms with E-state index in [1.54, 1.807) is 30.5 Å². The summed E-state index contributed by atoms with van der Waals surface area (Å²) in [5.41, 5.74) is 0.756. The first-order chi connectivity index (χ1) is 16.7. The molecule has 2 atom stereocenters. The Bertz CT molecular complexity index is 1330. The number of carbonyl (C=O) groups excluding carboxylic acids is 2. The third-order valence-electron chi connectivity index (χ3n) is 5.50. The topological polar surface area (TPSA) is 107 Å². The van der Waals surface area contributed by atoms with Gasteiger partial charge in [-0.15, -0.1) is 5.10 Å². The van der Waals surface area contributed by atoms with Crippen LogP contribution in [0.3, 0.4) is 0 Å². The van der Waals surface area contributed by atoms with E-state index in [4.69, 9.17) is 9.47 Å². The van der Waals surface area contributed by atoms with Crippen molar-refractivity contribution in [3.8, 4) is 11.6 Å². The first-order valence-electron chi connectivity index (χ1n) is 10.8. The summed E-state index contributed by atoms with van der Waals surface area (Å²) in [6.45, 7) is 1.37. The van der Waals surface area contributed by atoms with Crippen molar-refractivity contribution in [1.29, 1.82) is 0 Å². The maximum Gasteiger partial charge on any atom is 0.426 e. The van der Waals surface area contributed by atoms with Crippen molar-refractivity contribution in [3.63, 3.8) is 0 Å². The van der Waals surface area contributed by atoms with Crippen LogP contribution >= 0.6 is 0 Å². The predicted octanol–water partition coefficient (Wildman–Crippen LogP) is 4.29. The molecule has 3 heterocycles. The van der Waals surface area contributed by atoms with Gasteiger partial charge in [-0.05, 0) is 44.0 Å². The normalized spacial score (nSPS) is 19.7. The van der Waals surface area contributed by atoms with Crippen molar-refractivity contribution in [2.45, 2.75) is 32.0 Å². The van der Waals surface area contributed by atoms with Gasteiger partial charge < -0.3 is 20.1 Å². The van der Waals surface area contributed by atoms with Gasteiger partial charge in [-0.2, -0.15) is 13.2 Å². The molecule has 0 saturated heterocycles. The average Bonchev–Trinajstić information content (AvgIpc) is 3.45. The molecule has 2 amide bonds. The van der Waals surface area contributed by atoms with Crippen molar-refractivity contribution < 1.29 is 32.2 Å². The Labute approximate surface area is 196 Å². The molecule has 1 aliphatic heterocycles. The van der Waals surface area contributed by atoms with Crippen LogP contribution in [0.15, 0.2) is 54.4 Å². The molecule has 1 aromatic carbocycles. The minimum atomic E-state index is -4.68. The number of imidazole rings is 1. The highest BCUT2D eigenvalue weighted by Gasteiger charge is 2.51. The fourth-order valence-electron chi connectivity index (χ4n) is 3.67. The minimum absolute atomic E-state index is 0.0417. The van der Waals surface area contributed by atoms with Crippen LogP contribution in [0.1, 0.15) is 19.8 Å². The van der Waals surface area contributed by atoms with Gasteiger partial charge >= 0.3 is 6.18 Å². The van der Waals surface area contributed by atoms with Gasteiger partial charge in [0.15, 0.2) is 11.5 Å². The summed E-state index contributed by atoms with van der Waals surface area (Å²) >= 11 is 0. The van der Waals surface area contributed by atoms with Crippen LogP contribution in [0.5, 0.6) is 11.6 Å². The van der Waals surface area contributed by atoms with Crippen molar-refractivity contribution in [2.75, 3.05) is 10.6 Å². The number of ether oxygens (including phenoxy) is 2. The van der Waals surface area contributed by atoms with E-state index in [9.17, 15) is 22.8 Å². The van der Waals surface area contributed by atoms with Gasteiger partial charge in [0.2, 0.25) is 23.8 Å². The van der Waals surface area contributed by atoms with E-state index >= 15 is 0 Å². The number of hydrogen-bond acceptors (Lipinski definition) is 6. The summed E-state index contributed by atoms with van der Waals surface area (Å²) in [6, 6.07) is 9.43. The van der Waals surface area contributed by atoms with Gasteiger partial charge in [-0.1, -0.05) is 6.07 Å². The first-order valence-corrected chi connectivity index (χ1v) is 10.8. The van der Waals surface area contributed by atoms with Crippen LogP contribution < -0.4 is 15.4 Å². The summed E-state index contributed by atoms with van der Waals surface area (Å²) in [5.74, 6) is -1.44. The zero-order chi connectivity index (χ0) is 24.7. The lowest BCUT2D eigenvalue weighted by atomic mass is 10.0. The number of carbonyl (C=O) groups is 2. The average molecular weight is 487 g/mol. The third kappa shape index (κ3) is 5.05. The molecule has 2 aromatic heterocycles. The van der Waals surface area contributed by atoms with Crippen LogP contribution in [-0.4, -0.2) is 38.7 Å². The maximum absolute atomic E-state index is 13.2. The zero-order valence-electron chi connectivity index (χ0n) is 18.4. The van der Waals surface area contributed by atoms with Crippen LogP contribution in [-0.2, 0) is 14.3 Å². The Balaban J connectivity index is 1.27. The predicted molar refractivity (Wildman–Crippen MR) is 118 cm³/mol. The van der Waals surface area contributed by atoms with Crippen LogP contribution in [0.25, 0.3) is 5.65 Å². The molecule has 12 heteroatoms. The van der Waals surface area contributed by atoms with Crippen LogP contribution in [0.4, 0.5) is 24.7 Å². The second kappa shape index (κ2) is 8.60. The number of anilines is 2. The van der Waals surface area contributed by atoms with E-state index in [2.05, 4.69) is 20.7 Å². The number of aromatic nitrogens is 3. The summed E-state index contributed by atoms with van der Waals surface area (Å²) in [4.78, 5) is 28.8. The molecule has 2 N–H and O–H groups in total. The smallest absolute Gasteiger partial charge is 0.426 e. The van der Waals surface area contributed by atoms with E-state index in [1.165, 1.54) is 23.6 Å². The zero-order valence-corrected chi connectivity index (χ0v) is 18.4. The lowest BCUT2D eigenvalue weighted by molar-refractivity contribution is -0.212. The molecule has 0 radical (unpaired) electrons. The number of nitrogens with one attached hydrogen (secondary N) is 2. The molecular formula is C23H20F3N5O4. The monoisotopic (exact) mass is 487 g/mol. The number of benzene rings is 1. The van der Waals surface area contributed by atoms with Crippen molar-refractivity contribution >= 4 is 29.0 Å². The van der Waals surface area contributed by atoms with Gasteiger partial charge in [0, 0.05) is 23.7 Å². The van der Waals surface area contributed by atoms with E-state index < -0.39 is 24.1 Å². The maximum atomic E-state index is 13.2. The second-order valence-corrected chi connectivity index (χ2v) is 8.37. The van der Waals surface area contributed by atoms with E-state index in [0.717, 1.165) is 18.9 Å². The minimum Gasteiger partial charge on any atom is -0.485 e. The summed E-state index contributed by atoms with van der Waals surface area (Å²) in [5, 5.41) is 9.53. The van der Waals surface area contributed by atoms with Crippen molar-refractivity contribution in [2.24, 2.45) is 11.8 Å². The molecule has 1 aliphatic carbocycles. The van der Waals surface area contributed by atoms with Gasteiger partial charge in [-0.25, -0.2) is 9.50 Å². The van der Waals surface area contributed by atoms with Gasteiger partial charge in [0.25, 0.3) is 0 Å². The summed E-state index contributed by atoms with van der Waals surface area (Å²) in [6.07, 6.45) is -2.44. The Morgan fingerprint density at radius 1 is 1.14 bits per heavy atom. The van der Waals surface area contributed by atoms with E-state index in [-0.39, 0.29) is 29.2 Å². The number of rotatable bonds is 6. The molecular weight excluding hydrogens is 467 g/mol. The van der Waals surface area contributed by atoms with E-state index in [1.807, 2.05) is 0 Å². The Kier molecular flexibility index (Phi) is 5.58. The fourth-order valence-corrected chi connectivity index (χ4v) is 3.67. The van der Waals surface area contributed by atoms with Crippen LogP contribution in [0, 0.1) is 11.8 Å². The molecule has 5 rings (SSSR count). The van der Waals surface area contributed by atoms with Gasteiger partial charge in [0.05, 0.1) is 12.0 Å².